The number of hydrogen-bond acceptors (Lipinski definition) is 2. The number of methoxy groups -OCH3 is 1. The van der Waals surface area contributed by atoms with Crippen LogP contribution < -0.4 is 10.6 Å². The van der Waals surface area contributed by atoms with Crippen LogP contribution in [0.3, 0.4) is 0 Å². The highest BCUT2D eigenvalue weighted by Gasteiger charge is 2.11. The standard InChI is InChI=1S/C6H13N2O/c1-9-4-6-2-3-7-5-8-6/h6-7H,2-5H2,1H3. The van der Waals surface area contributed by atoms with Gasteiger partial charge in [0.25, 0.3) is 0 Å². The molecule has 1 rings (SSSR count). The molecule has 0 bridgehead atoms. The van der Waals surface area contributed by atoms with Crippen molar-refractivity contribution in [3.05, 3.63) is 0 Å². The molecule has 0 aliphatic carbocycles. The quantitative estimate of drug-likeness (QED) is 0.548. The first-order valence-electron chi connectivity index (χ1n) is 3.29. The number of nitrogens with one attached hydrogen (secondary N) is 1. The van der Waals surface area contributed by atoms with Gasteiger partial charge in [-0.2, -0.15) is 0 Å². The fourth-order valence-electron chi connectivity index (χ4n) is 0.961. The predicted molar refractivity (Wildman–Crippen MR) is 35.3 cm³/mol. The summed E-state index contributed by atoms with van der Waals surface area (Å²) in [6, 6.07) is 0.441. The molecule has 0 aromatic rings. The highest BCUT2D eigenvalue weighted by molar-refractivity contribution is 4.70. The first kappa shape index (κ1) is 6.99. The van der Waals surface area contributed by atoms with Crippen molar-refractivity contribution in [3.63, 3.8) is 0 Å². The van der Waals surface area contributed by atoms with Crippen molar-refractivity contribution in [1.82, 2.24) is 10.6 Å². The molecular formula is C6H13N2O. The van der Waals surface area contributed by atoms with E-state index in [4.69, 9.17) is 4.74 Å². The summed E-state index contributed by atoms with van der Waals surface area (Å²) in [5, 5.41) is 7.43. The Morgan fingerprint density at radius 2 is 2.67 bits per heavy atom. The second-order valence-corrected chi connectivity index (χ2v) is 2.24. The summed E-state index contributed by atoms with van der Waals surface area (Å²) in [4.78, 5) is 0. The van der Waals surface area contributed by atoms with Gasteiger partial charge in [0, 0.05) is 7.11 Å². The summed E-state index contributed by atoms with van der Waals surface area (Å²) in [6.45, 7) is 2.66. The van der Waals surface area contributed by atoms with Crippen LogP contribution in [0.25, 0.3) is 0 Å². The van der Waals surface area contributed by atoms with E-state index >= 15 is 0 Å². The van der Waals surface area contributed by atoms with Gasteiger partial charge < -0.3 is 10.1 Å². The smallest absolute Gasteiger partial charge is 0.0633 e. The summed E-state index contributed by atoms with van der Waals surface area (Å²) in [6.07, 6.45) is 1.12. The van der Waals surface area contributed by atoms with E-state index in [9.17, 15) is 0 Å². The molecular weight excluding hydrogens is 116 g/mol. The topological polar surface area (TPSA) is 35.4 Å². The van der Waals surface area contributed by atoms with Crippen molar-refractivity contribution in [2.75, 3.05) is 26.9 Å². The third-order valence-electron chi connectivity index (χ3n) is 1.47. The lowest BCUT2D eigenvalue weighted by atomic mass is 10.2. The molecule has 0 spiro atoms. The normalized spacial score (nSPS) is 28.3. The molecule has 1 N–H and O–H groups in total. The second kappa shape index (κ2) is 3.82. The van der Waals surface area contributed by atoms with Crippen molar-refractivity contribution in [2.45, 2.75) is 12.5 Å². The lowest BCUT2D eigenvalue weighted by molar-refractivity contribution is 0.151. The van der Waals surface area contributed by atoms with Gasteiger partial charge in [0.05, 0.1) is 19.3 Å². The zero-order valence-corrected chi connectivity index (χ0v) is 5.76. The zero-order valence-electron chi connectivity index (χ0n) is 5.76. The molecule has 1 saturated heterocycles. The van der Waals surface area contributed by atoms with Crippen LogP contribution in [0, 0.1) is 0 Å². The van der Waals surface area contributed by atoms with Crippen molar-refractivity contribution in [1.29, 1.82) is 0 Å². The highest BCUT2D eigenvalue weighted by atomic mass is 16.5. The molecule has 0 amide bonds. The van der Waals surface area contributed by atoms with Crippen LogP contribution >= 0.6 is 0 Å². The Hall–Kier alpha value is -0.120. The average molecular weight is 129 g/mol. The second-order valence-electron chi connectivity index (χ2n) is 2.24. The third kappa shape index (κ3) is 2.30. The third-order valence-corrected chi connectivity index (χ3v) is 1.47. The summed E-state index contributed by atoms with van der Waals surface area (Å²) in [5.41, 5.74) is 0. The van der Waals surface area contributed by atoms with Crippen molar-refractivity contribution >= 4 is 0 Å². The van der Waals surface area contributed by atoms with Gasteiger partial charge in [0.15, 0.2) is 0 Å². The Morgan fingerprint density at radius 1 is 1.78 bits per heavy atom. The van der Waals surface area contributed by atoms with E-state index in [0.29, 0.717) is 6.04 Å². The van der Waals surface area contributed by atoms with Gasteiger partial charge in [0.1, 0.15) is 0 Å². The van der Waals surface area contributed by atoms with Crippen molar-refractivity contribution < 1.29 is 4.74 Å². The fourth-order valence-corrected chi connectivity index (χ4v) is 0.961. The van der Waals surface area contributed by atoms with E-state index in [1.165, 1.54) is 0 Å². The summed E-state index contributed by atoms with van der Waals surface area (Å²) in [5.74, 6) is 0. The lowest BCUT2D eigenvalue weighted by Gasteiger charge is -2.21. The minimum absolute atomic E-state index is 0.441. The maximum absolute atomic E-state index is 4.96. The molecule has 0 aromatic carbocycles. The van der Waals surface area contributed by atoms with E-state index in [1.54, 1.807) is 7.11 Å². The van der Waals surface area contributed by atoms with Crippen LogP contribution in [-0.4, -0.2) is 33.0 Å². The molecule has 0 saturated carbocycles. The van der Waals surface area contributed by atoms with Gasteiger partial charge in [0.2, 0.25) is 0 Å². The molecule has 1 unspecified atom stereocenters. The zero-order chi connectivity index (χ0) is 6.53. The Bertz CT molecular complexity index is 68.7. The molecule has 1 atom stereocenters. The SMILES string of the molecule is COCC1CCNC[N]1. The summed E-state index contributed by atoms with van der Waals surface area (Å²) in [7, 11) is 1.72. The van der Waals surface area contributed by atoms with Gasteiger partial charge in [-0.05, 0) is 13.0 Å². The van der Waals surface area contributed by atoms with Gasteiger partial charge in [-0.1, -0.05) is 0 Å². The van der Waals surface area contributed by atoms with Crippen molar-refractivity contribution in [3.8, 4) is 0 Å². The van der Waals surface area contributed by atoms with E-state index in [1.807, 2.05) is 0 Å². The van der Waals surface area contributed by atoms with Crippen LogP contribution in [0.5, 0.6) is 0 Å². The molecule has 1 aliphatic rings. The minimum atomic E-state index is 0.441. The summed E-state index contributed by atoms with van der Waals surface area (Å²) < 4.78 is 4.96. The predicted octanol–water partition coefficient (Wildman–Crippen LogP) is -0.443. The first-order valence-corrected chi connectivity index (χ1v) is 3.29. The maximum atomic E-state index is 4.96. The van der Waals surface area contributed by atoms with Gasteiger partial charge in [-0.15, -0.1) is 0 Å². The molecule has 1 heterocycles. The van der Waals surface area contributed by atoms with E-state index < -0.39 is 0 Å². The Labute approximate surface area is 55.8 Å². The molecule has 1 radical (unpaired) electrons. The largest absolute Gasteiger partial charge is 0.383 e. The van der Waals surface area contributed by atoms with E-state index in [0.717, 1.165) is 26.2 Å². The molecule has 1 aliphatic heterocycles. The van der Waals surface area contributed by atoms with E-state index in [-0.39, 0.29) is 0 Å². The van der Waals surface area contributed by atoms with Gasteiger partial charge in [-0.25, -0.2) is 5.32 Å². The van der Waals surface area contributed by atoms with Gasteiger partial charge >= 0.3 is 0 Å². The van der Waals surface area contributed by atoms with Crippen LogP contribution in [-0.2, 0) is 4.74 Å². The summed E-state index contributed by atoms with van der Waals surface area (Å²) >= 11 is 0. The minimum Gasteiger partial charge on any atom is -0.383 e. The number of nitrogens with zero attached hydrogens (tertiary/aromatic N) is 1. The number of hydrogen-bond donors (Lipinski definition) is 1. The molecule has 0 aromatic heterocycles. The molecule has 53 valence electrons. The number of rotatable bonds is 2. The lowest BCUT2D eigenvalue weighted by Crippen LogP contribution is -2.42. The molecule has 1 fully saturated rings. The molecule has 9 heavy (non-hydrogen) atoms. The van der Waals surface area contributed by atoms with Crippen LogP contribution in [0.4, 0.5) is 0 Å². The molecule has 3 nitrogen and oxygen atoms in total. The Balaban J connectivity index is 2.08. The van der Waals surface area contributed by atoms with Crippen molar-refractivity contribution in [2.24, 2.45) is 0 Å². The first-order chi connectivity index (χ1) is 4.43. The fraction of sp³-hybridized carbons (Fsp3) is 1.00. The maximum Gasteiger partial charge on any atom is 0.0633 e. The van der Waals surface area contributed by atoms with Crippen LogP contribution in [0.1, 0.15) is 6.42 Å². The number of ether oxygens (including phenoxy) is 1. The van der Waals surface area contributed by atoms with Crippen LogP contribution in [0.15, 0.2) is 0 Å². The Morgan fingerprint density at radius 3 is 3.22 bits per heavy atom. The Kier molecular flexibility index (Phi) is 2.97. The van der Waals surface area contributed by atoms with Gasteiger partial charge in [-0.3, -0.25) is 0 Å². The van der Waals surface area contributed by atoms with E-state index in [2.05, 4.69) is 10.6 Å². The highest BCUT2D eigenvalue weighted by Crippen LogP contribution is 1.95. The monoisotopic (exact) mass is 129 g/mol. The average Bonchev–Trinajstić information content (AvgIpc) is 1.91. The molecule has 3 heteroatoms. The van der Waals surface area contributed by atoms with Crippen LogP contribution in [0.2, 0.25) is 0 Å².